The lowest BCUT2D eigenvalue weighted by atomic mass is 10.1. The Balaban J connectivity index is 2.52. The van der Waals surface area contributed by atoms with E-state index in [1.807, 2.05) is 0 Å². The average Bonchev–Trinajstić information content (AvgIpc) is 2.33. The van der Waals surface area contributed by atoms with Gasteiger partial charge >= 0.3 is 6.18 Å². The standard InChI is InChI=1S/C13H11F3N2O/c1-18-11(6-10(17)7-12(18)19)8-2-4-9(5-3-8)13(14,15)16/h2-7H,17H2,1H3. The van der Waals surface area contributed by atoms with Crippen LogP contribution in [0.15, 0.2) is 41.2 Å². The minimum atomic E-state index is -4.37. The number of rotatable bonds is 1. The van der Waals surface area contributed by atoms with E-state index < -0.39 is 11.7 Å². The van der Waals surface area contributed by atoms with Crippen molar-refractivity contribution in [1.29, 1.82) is 0 Å². The van der Waals surface area contributed by atoms with E-state index in [9.17, 15) is 18.0 Å². The van der Waals surface area contributed by atoms with E-state index in [-0.39, 0.29) is 11.2 Å². The number of alkyl halides is 3. The molecule has 0 saturated carbocycles. The Hall–Kier alpha value is -2.24. The van der Waals surface area contributed by atoms with Crippen molar-refractivity contribution >= 4 is 5.69 Å². The molecule has 100 valence electrons. The first-order valence-corrected chi connectivity index (χ1v) is 5.43. The topological polar surface area (TPSA) is 48.0 Å². The van der Waals surface area contributed by atoms with Gasteiger partial charge in [0.05, 0.1) is 11.3 Å². The molecule has 0 radical (unpaired) electrons. The van der Waals surface area contributed by atoms with Crippen molar-refractivity contribution in [2.45, 2.75) is 6.18 Å². The van der Waals surface area contributed by atoms with Gasteiger partial charge in [-0.25, -0.2) is 0 Å². The van der Waals surface area contributed by atoms with E-state index in [0.29, 0.717) is 11.3 Å². The van der Waals surface area contributed by atoms with E-state index >= 15 is 0 Å². The van der Waals surface area contributed by atoms with E-state index in [0.717, 1.165) is 12.1 Å². The first-order valence-electron chi connectivity index (χ1n) is 5.43. The number of anilines is 1. The number of pyridine rings is 1. The van der Waals surface area contributed by atoms with Crippen LogP contribution in [0.4, 0.5) is 18.9 Å². The molecule has 0 amide bonds. The Bertz CT molecular complexity index is 657. The quantitative estimate of drug-likeness (QED) is 0.864. The van der Waals surface area contributed by atoms with Crippen LogP contribution in [0.25, 0.3) is 11.3 Å². The Kier molecular flexibility index (Phi) is 3.09. The van der Waals surface area contributed by atoms with Crippen LogP contribution in [0.1, 0.15) is 5.56 Å². The van der Waals surface area contributed by atoms with Crippen LogP contribution in [-0.4, -0.2) is 4.57 Å². The molecular formula is C13H11F3N2O. The van der Waals surface area contributed by atoms with Gasteiger partial charge in [0.25, 0.3) is 5.56 Å². The Labute approximate surface area is 107 Å². The van der Waals surface area contributed by atoms with Crippen molar-refractivity contribution < 1.29 is 13.2 Å². The Morgan fingerprint density at radius 3 is 2.21 bits per heavy atom. The van der Waals surface area contributed by atoms with Crippen LogP contribution in [0.3, 0.4) is 0 Å². The summed E-state index contributed by atoms with van der Waals surface area (Å²) >= 11 is 0. The third kappa shape index (κ3) is 2.62. The zero-order valence-corrected chi connectivity index (χ0v) is 10.0. The fraction of sp³-hybridized carbons (Fsp3) is 0.154. The van der Waals surface area contributed by atoms with Gasteiger partial charge in [-0.3, -0.25) is 4.79 Å². The molecule has 0 fully saturated rings. The van der Waals surface area contributed by atoms with E-state index in [2.05, 4.69) is 0 Å². The maximum absolute atomic E-state index is 12.5. The lowest BCUT2D eigenvalue weighted by Gasteiger charge is -2.11. The van der Waals surface area contributed by atoms with Gasteiger partial charge in [-0.2, -0.15) is 13.2 Å². The number of nitrogens with two attached hydrogens (primary N) is 1. The molecule has 2 rings (SSSR count). The number of hydrogen-bond acceptors (Lipinski definition) is 2. The van der Waals surface area contributed by atoms with Gasteiger partial charge in [-0.05, 0) is 23.8 Å². The van der Waals surface area contributed by atoms with Crippen LogP contribution in [0.5, 0.6) is 0 Å². The normalized spacial score (nSPS) is 11.6. The second-order valence-corrected chi connectivity index (χ2v) is 4.15. The average molecular weight is 268 g/mol. The highest BCUT2D eigenvalue weighted by atomic mass is 19.4. The number of nitrogens with zero attached hydrogens (tertiary/aromatic N) is 1. The van der Waals surface area contributed by atoms with Gasteiger partial charge in [0, 0.05) is 18.8 Å². The Morgan fingerprint density at radius 2 is 1.68 bits per heavy atom. The summed E-state index contributed by atoms with van der Waals surface area (Å²) in [5.41, 5.74) is 5.78. The van der Waals surface area contributed by atoms with Crippen molar-refractivity contribution in [3.05, 3.63) is 52.3 Å². The Morgan fingerprint density at radius 1 is 1.11 bits per heavy atom. The molecule has 19 heavy (non-hydrogen) atoms. The van der Waals surface area contributed by atoms with Crippen LogP contribution < -0.4 is 11.3 Å². The highest BCUT2D eigenvalue weighted by Gasteiger charge is 2.30. The number of aromatic nitrogens is 1. The summed E-state index contributed by atoms with van der Waals surface area (Å²) in [6.45, 7) is 0. The molecule has 6 heteroatoms. The number of benzene rings is 1. The molecule has 0 unspecified atom stereocenters. The molecule has 2 aromatic rings. The third-order valence-electron chi connectivity index (χ3n) is 2.79. The molecule has 1 aromatic heterocycles. The molecule has 2 N–H and O–H groups in total. The van der Waals surface area contributed by atoms with Gasteiger partial charge in [0.15, 0.2) is 0 Å². The lowest BCUT2D eigenvalue weighted by molar-refractivity contribution is -0.137. The van der Waals surface area contributed by atoms with Crippen LogP contribution >= 0.6 is 0 Å². The summed E-state index contributed by atoms with van der Waals surface area (Å²) in [4.78, 5) is 11.6. The SMILES string of the molecule is Cn1c(-c2ccc(C(F)(F)F)cc2)cc(N)cc1=O. The molecule has 0 saturated heterocycles. The minimum Gasteiger partial charge on any atom is -0.399 e. The molecule has 0 aliphatic rings. The predicted molar refractivity (Wildman–Crippen MR) is 66.5 cm³/mol. The lowest BCUT2D eigenvalue weighted by Crippen LogP contribution is -2.18. The highest BCUT2D eigenvalue weighted by Crippen LogP contribution is 2.30. The summed E-state index contributed by atoms with van der Waals surface area (Å²) in [5.74, 6) is 0. The number of nitrogen functional groups attached to an aromatic ring is 1. The molecule has 0 atom stereocenters. The molecule has 0 aliphatic heterocycles. The maximum Gasteiger partial charge on any atom is 0.416 e. The van der Waals surface area contributed by atoms with Crippen molar-refractivity contribution in [3.63, 3.8) is 0 Å². The van der Waals surface area contributed by atoms with Crippen molar-refractivity contribution in [2.75, 3.05) is 5.73 Å². The van der Waals surface area contributed by atoms with Crippen LogP contribution in [0.2, 0.25) is 0 Å². The fourth-order valence-corrected chi connectivity index (χ4v) is 1.76. The maximum atomic E-state index is 12.5. The van der Waals surface area contributed by atoms with E-state index in [1.54, 1.807) is 6.07 Å². The summed E-state index contributed by atoms with van der Waals surface area (Å²) in [5, 5.41) is 0. The van der Waals surface area contributed by atoms with E-state index in [1.165, 1.54) is 29.8 Å². The second kappa shape index (κ2) is 4.46. The van der Waals surface area contributed by atoms with Crippen LogP contribution in [0, 0.1) is 0 Å². The zero-order valence-electron chi connectivity index (χ0n) is 10.0. The third-order valence-corrected chi connectivity index (χ3v) is 2.79. The van der Waals surface area contributed by atoms with Crippen molar-refractivity contribution in [3.8, 4) is 11.3 Å². The van der Waals surface area contributed by atoms with Gasteiger partial charge in [-0.15, -0.1) is 0 Å². The van der Waals surface area contributed by atoms with Gasteiger partial charge < -0.3 is 10.3 Å². The van der Waals surface area contributed by atoms with E-state index in [4.69, 9.17) is 5.73 Å². The summed E-state index contributed by atoms with van der Waals surface area (Å²) in [6.07, 6.45) is -4.37. The first kappa shape index (κ1) is 13.2. The summed E-state index contributed by atoms with van der Waals surface area (Å²) in [7, 11) is 1.54. The molecular weight excluding hydrogens is 257 g/mol. The number of halogens is 3. The summed E-state index contributed by atoms with van der Waals surface area (Å²) < 4.78 is 38.7. The molecule has 0 aliphatic carbocycles. The highest BCUT2D eigenvalue weighted by molar-refractivity contribution is 5.64. The smallest absolute Gasteiger partial charge is 0.399 e. The number of hydrogen-bond donors (Lipinski definition) is 1. The monoisotopic (exact) mass is 268 g/mol. The van der Waals surface area contributed by atoms with Crippen LogP contribution in [-0.2, 0) is 13.2 Å². The molecule has 1 aromatic carbocycles. The minimum absolute atomic E-state index is 0.276. The van der Waals surface area contributed by atoms with Gasteiger partial charge in [0.1, 0.15) is 0 Å². The molecule has 3 nitrogen and oxygen atoms in total. The van der Waals surface area contributed by atoms with Gasteiger partial charge in [0.2, 0.25) is 0 Å². The fourth-order valence-electron chi connectivity index (χ4n) is 1.76. The largest absolute Gasteiger partial charge is 0.416 e. The zero-order chi connectivity index (χ0) is 14.2. The molecule has 0 spiro atoms. The van der Waals surface area contributed by atoms with Crippen molar-refractivity contribution in [2.24, 2.45) is 7.05 Å². The molecule has 0 bridgehead atoms. The summed E-state index contributed by atoms with van der Waals surface area (Å²) in [6, 6.07) is 7.39. The van der Waals surface area contributed by atoms with Crippen molar-refractivity contribution in [1.82, 2.24) is 4.57 Å². The first-order chi connectivity index (χ1) is 8.79. The second-order valence-electron chi connectivity index (χ2n) is 4.15. The molecule has 1 heterocycles. The predicted octanol–water partition coefficient (Wildman–Crippen LogP) is 2.65. The van der Waals surface area contributed by atoms with Gasteiger partial charge in [-0.1, -0.05) is 12.1 Å².